The number of anilines is 1. The summed E-state index contributed by atoms with van der Waals surface area (Å²) in [5.41, 5.74) is 6.21. The van der Waals surface area contributed by atoms with E-state index < -0.39 is 0 Å². The Morgan fingerprint density at radius 1 is 1.43 bits per heavy atom. The maximum Gasteiger partial charge on any atom is 0.292 e. The van der Waals surface area contributed by atoms with Gasteiger partial charge in [-0.15, -0.1) is 0 Å². The molecule has 0 spiro atoms. The molecule has 0 saturated carbocycles. The van der Waals surface area contributed by atoms with Crippen molar-refractivity contribution in [1.82, 2.24) is 4.98 Å². The van der Waals surface area contributed by atoms with Gasteiger partial charge in [-0.05, 0) is 18.2 Å². The summed E-state index contributed by atoms with van der Waals surface area (Å²) in [5, 5.41) is 0.637. The van der Waals surface area contributed by atoms with Crippen molar-refractivity contribution >= 4 is 33.5 Å². The number of hydrogen-bond acceptors (Lipinski definition) is 3. The molecule has 0 aliphatic heterocycles. The summed E-state index contributed by atoms with van der Waals surface area (Å²) in [6.07, 6.45) is 1.56. The lowest BCUT2D eigenvalue weighted by atomic mass is 10.2. The largest absolute Gasteiger partial charge is 0.424 e. The maximum atomic E-state index is 5.86. The van der Waals surface area contributed by atoms with Crippen molar-refractivity contribution in [2.75, 3.05) is 5.73 Å². The molecule has 14 heavy (non-hydrogen) atoms. The van der Waals surface area contributed by atoms with Crippen LogP contribution in [-0.4, -0.2) is 4.98 Å². The standard InChI is InChI=1S/C9H6BrClN2O/c10-7-2-1-5(11)3-6(7)8-4-13-9(12)14-8/h1-4H,(H2,12,13). The number of aromatic nitrogens is 1. The smallest absolute Gasteiger partial charge is 0.292 e. The fourth-order valence-electron chi connectivity index (χ4n) is 1.10. The van der Waals surface area contributed by atoms with Gasteiger partial charge in [0.2, 0.25) is 0 Å². The first-order chi connectivity index (χ1) is 6.66. The normalized spacial score (nSPS) is 10.4. The van der Waals surface area contributed by atoms with Crippen LogP contribution in [0.4, 0.5) is 6.01 Å². The lowest BCUT2D eigenvalue weighted by Gasteiger charge is -2.00. The van der Waals surface area contributed by atoms with Crippen LogP contribution in [0.2, 0.25) is 5.02 Å². The van der Waals surface area contributed by atoms with Gasteiger partial charge < -0.3 is 10.2 Å². The number of hydrogen-bond donors (Lipinski definition) is 1. The average Bonchev–Trinajstić information content (AvgIpc) is 2.56. The zero-order chi connectivity index (χ0) is 10.1. The molecule has 3 nitrogen and oxygen atoms in total. The second-order valence-corrected chi connectivity index (χ2v) is 3.98. The van der Waals surface area contributed by atoms with Crippen LogP contribution in [0.15, 0.2) is 33.3 Å². The van der Waals surface area contributed by atoms with Crippen LogP contribution in [0, 0.1) is 0 Å². The SMILES string of the molecule is Nc1ncc(-c2cc(Cl)ccc2Br)o1. The fraction of sp³-hybridized carbons (Fsp3) is 0. The molecule has 1 aromatic heterocycles. The second kappa shape index (κ2) is 3.63. The summed E-state index contributed by atoms with van der Waals surface area (Å²) in [7, 11) is 0. The van der Waals surface area contributed by atoms with E-state index in [-0.39, 0.29) is 6.01 Å². The predicted molar refractivity (Wildman–Crippen MR) is 59.1 cm³/mol. The summed E-state index contributed by atoms with van der Waals surface area (Å²) in [4.78, 5) is 3.81. The molecule has 2 aromatic rings. The minimum Gasteiger partial charge on any atom is -0.424 e. The van der Waals surface area contributed by atoms with Crippen molar-refractivity contribution in [2.24, 2.45) is 0 Å². The Balaban J connectivity index is 2.55. The molecule has 0 aliphatic rings. The third-order valence-electron chi connectivity index (χ3n) is 1.72. The summed E-state index contributed by atoms with van der Waals surface area (Å²) >= 11 is 9.25. The van der Waals surface area contributed by atoms with Gasteiger partial charge in [0.05, 0.1) is 6.20 Å². The van der Waals surface area contributed by atoms with E-state index in [2.05, 4.69) is 20.9 Å². The van der Waals surface area contributed by atoms with Gasteiger partial charge in [-0.2, -0.15) is 0 Å². The van der Waals surface area contributed by atoms with E-state index in [9.17, 15) is 0 Å². The number of nitrogens with two attached hydrogens (primary N) is 1. The molecular formula is C9H6BrClN2O. The highest BCUT2D eigenvalue weighted by atomic mass is 79.9. The van der Waals surface area contributed by atoms with E-state index in [1.165, 1.54) is 0 Å². The van der Waals surface area contributed by atoms with Crippen LogP contribution < -0.4 is 5.73 Å². The van der Waals surface area contributed by atoms with E-state index in [0.717, 1.165) is 10.0 Å². The van der Waals surface area contributed by atoms with Crippen molar-refractivity contribution in [3.8, 4) is 11.3 Å². The van der Waals surface area contributed by atoms with Gasteiger partial charge in [-0.25, -0.2) is 4.98 Å². The third kappa shape index (κ3) is 1.76. The molecule has 0 saturated heterocycles. The van der Waals surface area contributed by atoms with Crippen molar-refractivity contribution in [3.63, 3.8) is 0 Å². The van der Waals surface area contributed by atoms with Crippen LogP contribution in [0.25, 0.3) is 11.3 Å². The lowest BCUT2D eigenvalue weighted by Crippen LogP contribution is -1.80. The molecule has 0 fully saturated rings. The van der Waals surface area contributed by atoms with Gasteiger partial charge >= 0.3 is 0 Å². The molecule has 0 amide bonds. The molecule has 2 N–H and O–H groups in total. The molecule has 1 heterocycles. The molecule has 72 valence electrons. The van der Waals surface area contributed by atoms with E-state index >= 15 is 0 Å². The summed E-state index contributed by atoms with van der Waals surface area (Å²) in [6.45, 7) is 0. The van der Waals surface area contributed by atoms with Gasteiger partial charge in [0.15, 0.2) is 5.76 Å². The molecule has 0 bridgehead atoms. The van der Waals surface area contributed by atoms with E-state index in [0.29, 0.717) is 10.8 Å². The van der Waals surface area contributed by atoms with E-state index in [1.54, 1.807) is 18.3 Å². The van der Waals surface area contributed by atoms with Gasteiger partial charge in [0.25, 0.3) is 6.01 Å². The van der Waals surface area contributed by atoms with Crippen molar-refractivity contribution in [2.45, 2.75) is 0 Å². The first-order valence-corrected chi connectivity index (χ1v) is 5.00. The van der Waals surface area contributed by atoms with Gasteiger partial charge in [-0.1, -0.05) is 27.5 Å². The molecule has 5 heteroatoms. The Kier molecular flexibility index (Phi) is 2.48. The summed E-state index contributed by atoms with van der Waals surface area (Å²) in [5.74, 6) is 0.594. The fourth-order valence-corrected chi connectivity index (χ4v) is 1.71. The van der Waals surface area contributed by atoms with Crippen molar-refractivity contribution < 1.29 is 4.42 Å². The Hall–Kier alpha value is -1.000. The Morgan fingerprint density at radius 3 is 2.86 bits per heavy atom. The summed E-state index contributed by atoms with van der Waals surface area (Å²) < 4.78 is 6.07. The molecule has 1 aromatic carbocycles. The Morgan fingerprint density at radius 2 is 2.21 bits per heavy atom. The maximum absolute atomic E-state index is 5.86. The van der Waals surface area contributed by atoms with Gasteiger partial charge in [-0.3, -0.25) is 0 Å². The molecule has 2 rings (SSSR count). The highest BCUT2D eigenvalue weighted by Gasteiger charge is 2.08. The zero-order valence-corrected chi connectivity index (χ0v) is 9.34. The van der Waals surface area contributed by atoms with Crippen molar-refractivity contribution in [3.05, 3.63) is 33.9 Å². The lowest BCUT2D eigenvalue weighted by molar-refractivity contribution is 0.594. The van der Waals surface area contributed by atoms with Crippen LogP contribution in [0.3, 0.4) is 0 Å². The first kappa shape index (κ1) is 9.55. The van der Waals surface area contributed by atoms with E-state index in [1.807, 2.05) is 6.07 Å². The molecule has 0 atom stereocenters. The third-order valence-corrected chi connectivity index (χ3v) is 2.64. The number of benzene rings is 1. The number of oxazole rings is 1. The minimum absolute atomic E-state index is 0.145. The molecule has 0 aliphatic carbocycles. The number of rotatable bonds is 1. The molecular weight excluding hydrogens is 267 g/mol. The van der Waals surface area contributed by atoms with Crippen LogP contribution in [0.5, 0.6) is 0 Å². The molecule has 0 radical (unpaired) electrons. The van der Waals surface area contributed by atoms with Crippen LogP contribution in [-0.2, 0) is 0 Å². The summed E-state index contributed by atoms with van der Waals surface area (Å²) in [6, 6.07) is 5.56. The first-order valence-electron chi connectivity index (χ1n) is 3.83. The topological polar surface area (TPSA) is 52.0 Å². The predicted octanol–water partition coefficient (Wildman–Crippen LogP) is 3.34. The van der Waals surface area contributed by atoms with Gasteiger partial charge in [0.1, 0.15) is 0 Å². The second-order valence-electron chi connectivity index (χ2n) is 2.69. The van der Waals surface area contributed by atoms with Crippen LogP contribution in [0.1, 0.15) is 0 Å². The minimum atomic E-state index is 0.145. The monoisotopic (exact) mass is 272 g/mol. The zero-order valence-electron chi connectivity index (χ0n) is 7.00. The van der Waals surface area contributed by atoms with E-state index in [4.69, 9.17) is 21.8 Å². The Bertz CT molecular complexity index is 470. The molecule has 0 unspecified atom stereocenters. The Labute approximate surface area is 94.0 Å². The highest BCUT2D eigenvalue weighted by Crippen LogP contribution is 2.31. The number of halogens is 2. The quantitative estimate of drug-likeness (QED) is 0.867. The number of nitrogen functional groups attached to an aromatic ring is 1. The van der Waals surface area contributed by atoms with Gasteiger partial charge in [0, 0.05) is 15.1 Å². The number of nitrogens with zero attached hydrogens (tertiary/aromatic N) is 1. The van der Waals surface area contributed by atoms with Crippen LogP contribution >= 0.6 is 27.5 Å². The highest BCUT2D eigenvalue weighted by molar-refractivity contribution is 9.10. The van der Waals surface area contributed by atoms with Crippen molar-refractivity contribution in [1.29, 1.82) is 0 Å². The average molecular weight is 274 g/mol.